The van der Waals surface area contributed by atoms with Crippen LogP contribution in [0.1, 0.15) is 43.1 Å². The molecule has 1 aliphatic carbocycles. The molecule has 63 heavy (non-hydrogen) atoms. The van der Waals surface area contributed by atoms with Gasteiger partial charge in [0, 0.05) is 56.2 Å². The molecule has 0 N–H and O–H groups in total. The molecule has 10 aromatic rings. The minimum absolute atomic E-state index is 0.279. The minimum atomic E-state index is 0.279. The van der Waals surface area contributed by atoms with E-state index >= 15 is 0 Å². The van der Waals surface area contributed by atoms with Crippen molar-refractivity contribution >= 4 is 27.9 Å². The van der Waals surface area contributed by atoms with Gasteiger partial charge in [0.15, 0.2) is 5.82 Å². The fourth-order valence-electron chi connectivity index (χ4n) is 8.78. The number of hydrogen-bond acceptors (Lipinski definition) is 5. The number of rotatable bonds is 8. The molecule has 0 amide bonds. The maximum Gasteiger partial charge on any atom is 0.160 e. The van der Waals surface area contributed by atoms with Crippen LogP contribution in [0.4, 0.5) is 0 Å². The lowest BCUT2D eigenvalue weighted by molar-refractivity contribution is 0.831. The summed E-state index contributed by atoms with van der Waals surface area (Å²) in [5, 5.41) is 2.18. The summed E-state index contributed by atoms with van der Waals surface area (Å²) in [5.74, 6) is 0.956. The topological polar surface area (TPSA) is 64.5 Å². The normalized spacial score (nSPS) is 12.2. The van der Waals surface area contributed by atoms with Crippen LogP contribution >= 0.6 is 0 Å². The van der Waals surface area contributed by atoms with E-state index < -0.39 is 0 Å². The Hall–Kier alpha value is -7.89. The van der Waals surface area contributed by atoms with Gasteiger partial charge in [0.05, 0.1) is 28.1 Å². The van der Waals surface area contributed by atoms with Crippen LogP contribution in [0.3, 0.4) is 0 Å². The Bertz CT molecular complexity index is 3350. The minimum Gasteiger partial charge on any atom is -0.261 e. The number of aryl methyl sites for hydroxylation is 1. The highest BCUT2D eigenvalue weighted by Gasteiger charge is 2.17. The molecule has 0 fully saturated rings. The zero-order chi connectivity index (χ0) is 42.3. The lowest BCUT2D eigenvalue weighted by Gasteiger charge is -2.15. The largest absolute Gasteiger partial charge is 0.261 e. The number of pyridine rings is 3. The third kappa shape index (κ3) is 7.38. The van der Waals surface area contributed by atoms with Crippen molar-refractivity contribution in [3.8, 4) is 78.5 Å². The Morgan fingerprint density at radius 3 is 1.89 bits per heavy atom. The zero-order valence-electron chi connectivity index (χ0n) is 35.2. The third-order valence-corrected chi connectivity index (χ3v) is 12.1. The van der Waals surface area contributed by atoms with Gasteiger partial charge in [0.2, 0.25) is 0 Å². The van der Waals surface area contributed by atoms with E-state index in [1.54, 1.807) is 0 Å². The maximum absolute atomic E-state index is 5.29. The van der Waals surface area contributed by atoms with Crippen LogP contribution in [0, 0.1) is 0 Å². The first-order valence-corrected chi connectivity index (χ1v) is 21.7. The number of hydrogen-bond donors (Lipinski definition) is 0. The summed E-state index contributed by atoms with van der Waals surface area (Å²) < 4.78 is 0. The molecule has 11 rings (SSSR count). The van der Waals surface area contributed by atoms with Gasteiger partial charge in [-0.3, -0.25) is 9.97 Å². The average molecular weight is 810 g/mol. The third-order valence-electron chi connectivity index (χ3n) is 12.1. The molecule has 0 aliphatic heterocycles. The van der Waals surface area contributed by atoms with Crippen molar-refractivity contribution in [2.24, 2.45) is 0 Å². The van der Waals surface area contributed by atoms with Crippen LogP contribution in [0.5, 0.6) is 0 Å². The first-order valence-electron chi connectivity index (χ1n) is 21.7. The summed E-state index contributed by atoms with van der Waals surface area (Å²) in [6.45, 7) is 4.40. The van der Waals surface area contributed by atoms with Crippen molar-refractivity contribution < 1.29 is 0 Å². The molecule has 0 bridgehead atoms. The van der Waals surface area contributed by atoms with Gasteiger partial charge in [-0.2, -0.15) is 0 Å². The highest BCUT2D eigenvalue weighted by atomic mass is 14.9. The predicted octanol–water partition coefficient (Wildman–Crippen LogP) is 14.7. The van der Waals surface area contributed by atoms with Crippen molar-refractivity contribution in [1.82, 2.24) is 24.9 Å². The van der Waals surface area contributed by atoms with E-state index in [1.807, 2.05) is 12.3 Å². The van der Waals surface area contributed by atoms with Crippen molar-refractivity contribution in [2.75, 3.05) is 0 Å². The van der Waals surface area contributed by atoms with E-state index in [0.29, 0.717) is 5.82 Å². The molecule has 0 atom stereocenters. The number of fused-ring (bicyclic) bond motifs is 4. The Balaban J connectivity index is 0.947. The summed E-state index contributed by atoms with van der Waals surface area (Å²) in [7, 11) is 0. The molecule has 6 aromatic carbocycles. The summed E-state index contributed by atoms with van der Waals surface area (Å²) in [6, 6.07) is 61.9. The fraction of sp³-hybridized carbons (Fsp3) is 0.0862. The Kier molecular flexibility index (Phi) is 9.78. The highest BCUT2D eigenvalue weighted by molar-refractivity contribution is 6.08. The van der Waals surface area contributed by atoms with Crippen molar-refractivity contribution in [1.29, 1.82) is 0 Å². The van der Waals surface area contributed by atoms with E-state index in [9.17, 15) is 0 Å². The quantitative estimate of drug-likeness (QED) is 0.143. The smallest absolute Gasteiger partial charge is 0.160 e. The van der Waals surface area contributed by atoms with Crippen LogP contribution in [0.15, 0.2) is 188 Å². The van der Waals surface area contributed by atoms with E-state index in [0.717, 1.165) is 102 Å². The SMILES string of the molecule is CC(C)c1cc(-c2ccccc2)c2ccc3ccc(-c4ccc(-c5cccc(-c6nc(-c7ccccc7)cc(-c7cccc(-c8ccnc9c8C=CCC9)c7)n6)c5)cc4)nc3c2n1. The zero-order valence-corrected chi connectivity index (χ0v) is 35.2. The molecule has 300 valence electrons. The predicted molar refractivity (Wildman–Crippen MR) is 260 cm³/mol. The Labute approximate surface area is 367 Å². The van der Waals surface area contributed by atoms with Crippen LogP contribution in [0.25, 0.3) is 106 Å². The molecule has 0 saturated carbocycles. The first kappa shape index (κ1) is 38.1. The van der Waals surface area contributed by atoms with Crippen LogP contribution in [0.2, 0.25) is 0 Å². The van der Waals surface area contributed by atoms with Crippen LogP contribution in [-0.2, 0) is 6.42 Å². The van der Waals surface area contributed by atoms with Gasteiger partial charge in [-0.15, -0.1) is 0 Å². The summed E-state index contributed by atoms with van der Waals surface area (Å²) in [5.41, 5.74) is 18.9. The molecular weight excluding hydrogens is 767 g/mol. The van der Waals surface area contributed by atoms with Gasteiger partial charge in [-0.25, -0.2) is 15.0 Å². The molecule has 4 heterocycles. The van der Waals surface area contributed by atoms with E-state index in [4.69, 9.17) is 19.9 Å². The number of nitrogens with zero attached hydrogens (tertiary/aromatic N) is 5. The van der Waals surface area contributed by atoms with E-state index in [-0.39, 0.29) is 5.92 Å². The van der Waals surface area contributed by atoms with E-state index in [1.165, 1.54) is 22.3 Å². The van der Waals surface area contributed by atoms with Gasteiger partial charge in [0.25, 0.3) is 0 Å². The van der Waals surface area contributed by atoms with Crippen molar-refractivity contribution in [2.45, 2.75) is 32.6 Å². The van der Waals surface area contributed by atoms with Gasteiger partial charge >= 0.3 is 0 Å². The van der Waals surface area contributed by atoms with Gasteiger partial charge in [-0.05, 0) is 88.5 Å². The molecule has 5 heteroatoms. The molecule has 4 aromatic heterocycles. The summed E-state index contributed by atoms with van der Waals surface area (Å²) >= 11 is 0. The number of aromatic nitrogens is 5. The van der Waals surface area contributed by atoms with Gasteiger partial charge in [-0.1, -0.05) is 166 Å². The molecule has 1 aliphatic rings. The van der Waals surface area contributed by atoms with Crippen molar-refractivity contribution in [3.63, 3.8) is 0 Å². The van der Waals surface area contributed by atoms with Crippen LogP contribution < -0.4 is 0 Å². The van der Waals surface area contributed by atoms with Gasteiger partial charge in [0.1, 0.15) is 0 Å². The number of allylic oxidation sites excluding steroid dienone is 1. The molecular formula is C58H43N5. The molecule has 5 nitrogen and oxygen atoms in total. The first-order chi connectivity index (χ1) is 31.0. The van der Waals surface area contributed by atoms with Crippen LogP contribution in [-0.4, -0.2) is 24.9 Å². The second-order valence-corrected chi connectivity index (χ2v) is 16.6. The Morgan fingerprint density at radius 2 is 1.10 bits per heavy atom. The standard InChI is InChI=1S/C58H43N5/c1-37(2)53-35-50(39-13-5-3-6-14-39)49-29-27-42-28-30-51(60-56(42)57(49)61-53)41-25-23-38(24-26-41)43-17-11-20-46(33-43)58-62-54(40-15-7-4-8-16-40)36-55(63-58)45-19-12-18-44(34-45)47-31-32-59-52-22-10-9-21-48(47)52/h3-9,11-21,23-37H,10,22H2,1-2H3. The lowest BCUT2D eigenvalue weighted by Crippen LogP contribution is -2.00. The summed E-state index contributed by atoms with van der Waals surface area (Å²) in [6.07, 6.45) is 8.38. The molecule has 0 saturated heterocycles. The van der Waals surface area contributed by atoms with Gasteiger partial charge < -0.3 is 0 Å². The second kappa shape index (κ2) is 16.2. The highest BCUT2D eigenvalue weighted by Crippen LogP contribution is 2.37. The number of benzene rings is 6. The lowest BCUT2D eigenvalue weighted by atomic mass is 9.93. The fourth-order valence-corrected chi connectivity index (χ4v) is 8.78. The molecule has 0 unspecified atom stereocenters. The molecule has 0 radical (unpaired) electrons. The van der Waals surface area contributed by atoms with E-state index in [2.05, 4.69) is 201 Å². The van der Waals surface area contributed by atoms with Crippen molar-refractivity contribution in [3.05, 3.63) is 205 Å². The summed E-state index contributed by atoms with van der Waals surface area (Å²) in [4.78, 5) is 25.6. The maximum atomic E-state index is 5.29. The average Bonchev–Trinajstić information content (AvgIpc) is 3.36. The Morgan fingerprint density at radius 1 is 0.444 bits per heavy atom. The molecule has 0 spiro atoms. The second-order valence-electron chi connectivity index (χ2n) is 16.6. The monoisotopic (exact) mass is 809 g/mol.